The van der Waals surface area contributed by atoms with Crippen LogP contribution < -0.4 is 10.1 Å². The van der Waals surface area contributed by atoms with E-state index in [4.69, 9.17) is 16.3 Å². The van der Waals surface area contributed by atoms with Crippen molar-refractivity contribution in [3.05, 3.63) is 28.8 Å². The number of amides is 1. The molecule has 122 valence electrons. The number of carboxylic acid groups (broad SMARTS) is 1. The highest BCUT2D eigenvalue weighted by Crippen LogP contribution is 2.29. The van der Waals surface area contributed by atoms with Crippen molar-refractivity contribution < 1.29 is 19.4 Å². The van der Waals surface area contributed by atoms with Gasteiger partial charge in [0, 0.05) is 5.56 Å². The molecule has 0 aromatic heterocycles. The molecular weight excluding hydrogens is 306 g/mol. The quantitative estimate of drug-likeness (QED) is 0.769. The number of carbonyl (C=O) groups excluding carboxylic acids is 1. The number of hydrogen-bond donors (Lipinski definition) is 2. The minimum absolute atomic E-state index is 0.0163. The van der Waals surface area contributed by atoms with Crippen LogP contribution in [0.2, 0.25) is 5.02 Å². The van der Waals surface area contributed by atoms with Gasteiger partial charge in [0.15, 0.2) is 0 Å². The Morgan fingerprint density at radius 1 is 1.36 bits per heavy atom. The minimum Gasteiger partial charge on any atom is -0.492 e. The largest absolute Gasteiger partial charge is 0.492 e. The second-order valence-corrected chi connectivity index (χ2v) is 5.68. The maximum atomic E-state index is 12.2. The van der Waals surface area contributed by atoms with E-state index in [2.05, 4.69) is 5.32 Å². The van der Waals surface area contributed by atoms with E-state index in [1.165, 1.54) is 6.92 Å². The fourth-order valence-corrected chi connectivity index (χ4v) is 2.50. The summed E-state index contributed by atoms with van der Waals surface area (Å²) in [5.74, 6) is -0.949. The summed E-state index contributed by atoms with van der Waals surface area (Å²) in [5.41, 5.74) is -0.632. The first kappa shape index (κ1) is 18.3. The number of rotatable bonds is 8. The number of ether oxygens (including phenoxy) is 1. The van der Waals surface area contributed by atoms with Crippen molar-refractivity contribution in [3.63, 3.8) is 0 Å². The van der Waals surface area contributed by atoms with Crippen LogP contribution in [0.5, 0.6) is 5.75 Å². The molecule has 0 bridgehead atoms. The lowest BCUT2D eigenvalue weighted by molar-refractivity contribution is -0.147. The Morgan fingerprint density at radius 2 is 2.05 bits per heavy atom. The van der Waals surface area contributed by atoms with Crippen LogP contribution in [0.1, 0.15) is 39.2 Å². The number of carbonyl (C=O) groups is 2. The Morgan fingerprint density at radius 3 is 2.59 bits per heavy atom. The molecule has 0 saturated heterocycles. The van der Waals surface area contributed by atoms with Gasteiger partial charge in [-0.05, 0) is 26.3 Å². The van der Waals surface area contributed by atoms with Crippen molar-refractivity contribution >= 4 is 23.5 Å². The van der Waals surface area contributed by atoms with Gasteiger partial charge in [0.2, 0.25) is 5.91 Å². The minimum atomic E-state index is -1.27. The predicted molar refractivity (Wildman–Crippen MR) is 85.4 cm³/mol. The van der Waals surface area contributed by atoms with E-state index in [0.29, 0.717) is 35.8 Å². The Bertz CT molecular complexity index is 547. The van der Waals surface area contributed by atoms with E-state index in [9.17, 15) is 14.7 Å². The summed E-state index contributed by atoms with van der Waals surface area (Å²) in [7, 11) is 0. The Kier molecular flexibility index (Phi) is 6.68. The molecule has 1 amide bonds. The van der Waals surface area contributed by atoms with Gasteiger partial charge in [-0.3, -0.25) is 4.79 Å². The fraction of sp³-hybridized carbons (Fsp3) is 0.500. The smallest absolute Gasteiger partial charge is 0.329 e. The summed E-state index contributed by atoms with van der Waals surface area (Å²) in [6.45, 7) is 5.65. The first-order valence-corrected chi connectivity index (χ1v) is 7.66. The van der Waals surface area contributed by atoms with Gasteiger partial charge >= 0.3 is 5.97 Å². The third-order valence-corrected chi connectivity index (χ3v) is 3.62. The average molecular weight is 328 g/mol. The van der Waals surface area contributed by atoms with Crippen molar-refractivity contribution in [1.82, 2.24) is 5.32 Å². The third-order valence-electron chi connectivity index (χ3n) is 3.33. The van der Waals surface area contributed by atoms with Gasteiger partial charge < -0.3 is 15.2 Å². The van der Waals surface area contributed by atoms with Gasteiger partial charge in [0.25, 0.3) is 0 Å². The molecule has 1 aromatic carbocycles. The van der Waals surface area contributed by atoms with Gasteiger partial charge in [0.05, 0.1) is 18.1 Å². The number of para-hydroxylation sites is 1. The molecule has 1 rings (SSSR count). The molecule has 0 saturated carbocycles. The number of carboxylic acids is 1. The van der Waals surface area contributed by atoms with Crippen molar-refractivity contribution in [2.75, 3.05) is 6.61 Å². The Hall–Kier alpha value is -1.75. The molecule has 5 nitrogen and oxygen atoms in total. The van der Waals surface area contributed by atoms with Crippen LogP contribution in [-0.4, -0.2) is 29.1 Å². The molecule has 2 N–H and O–H groups in total. The van der Waals surface area contributed by atoms with Crippen LogP contribution >= 0.6 is 11.6 Å². The molecular formula is C16H22ClNO4. The summed E-state index contributed by atoms with van der Waals surface area (Å²) in [5, 5.41) is 12.3. The summed E-state index contributed by atoms with van der Waals surface area (Å²) >= 11 is 6.07. The van der Waals surface area contributed by atoms with E-state index >= 15 is 0 Å². The van der Waals surface area contributed by atoms with E-state index in [1.54, 1.807) is 18.2 Å². The lowest BCUT2D eigenvalue weighted by Gasteiger charge is -2.26. The highest BCUT2D eigenvalue weighted by molar-refractivity contribution is 6.32. The van der Waals surface area contributed by atoms with E-state index in [1.807, 2.05) is 13.8 Å². The van der Waals surface area contributed by atoms with Gasteiger partial charge in [-0.25, -0.2) is 4.79 Å². The lowest BCUT2D eigenvalue weighted by atomic mass is 9.95. The Balaban J connectivity index is 2.89. The second kappa shape index (κ2) is 8.03. The number of aliphatic carboxylic acids is 1. The van der Waals surface area contributed by atoms with Gasteiger partial charge in [-0.15, -0.1) is 0 Å². The van der Waals surface area contributed by atoms with Crippen LogP contribution in [0, 0.1) is 0 Å². The van der Waals surface area contributed by atoms with Crippen molar-refractivity contribution in [2.24, 2.45) is 0 Å². The van der Waals surface area contributed by atoms with Crippen LogP contribution in [-0.2, 0) is 16.0 Å². The number of nitrogens with one attached hydrogen (secondary N) is 1. The molecule has 22 heavy (non-hydrogen) atoms. The first-order chi connectivity index (χ1) is 10.3. The van der Waals surface area contributed by atoms with E-state index in [-0.39, 0.29) is 12.3 Å². The summed E-state index contributed by atoms with van der Waals surface area (Å²) in [4.78, 5) is 23.6. The molecule has 0 fully saturated rings. The fourth-order valence-electron chi connectivity index (χ4n) is 2.25. The molecule has 0 spiro atoms. The highest BCUT2D eigenvalue weighted by Gasteiger charge is 2.33. The number of hydrogen-bond acceptors (Lipinski definition) is 3. The zero-order chi connectivity index (χ0) is 16.8. The molecule has 0 radical (unpaired) electrons. The molecule has 6 heteroatoms. The van der Waals surface area contributed by atoms with Gasteiger partial charge in [-0.2, -0.15) is 0 Å². The number of benzene rings is 1. The maximum absolute atomic E-state index is 12.2. The zero-order valence-corrected chi connectivity index (χ0v) is 13.9. The van der Waals surface area contributed by atoms with Crippen LogP contribution in [0.4, 0.5) is 0 Å². The molecule has 0 heterocycles. The topological polar surface area (TPSA) is 75.6 Å². The maximum Gasteiger partial charge on any atom is 0.329 e. The summed E-state index contributed by atoms with van der Waals surface area (Å²) in [6.07, 6.45) is 1.04. The molecule has 1 atom stereocenters. The standard InChI is InChI=1S/C16H22ClNO4/c1-4-9-16(3,15(20)21)18-13(19)10-11-7-6-8-12(17)14(11)22-5-2/h6-8H,4-5,9-10H2,1-3H3,(H,18,19)(H,20,21). The molecule has 0 aliphatic carbocycles. The van der Waals surface area contributed by atoms with Crippen molar-refractivity contribution in [3.8, 4) is 5.75 Å². The van der Waals surface area contributed by atoms with E-state index < -0.39 is 11.5 Å². The lowest BCUT2D eigenvalue weighted by Crippen LogP contribution is -2.52. The molecule has 0 aliphatic heterocycles. The zero-order valence-electron chi connectivity index (χ0n) is 13.1. The van der Waals surface area contributed by atoms with Crippen molar-refractivity contribution in [2.45, 2.75) is 45.6 Å². The molecule has 0 aliphatic rings. The SMILES string of the molecule is CCCC(C)(NC(=O)Cc1cccc(Cl)c1OCC)C(=O)O. The van der Waals surface area contributed by atoms with Crippen LogP contribution in [0.25, 0.3) is 0 Å². The third kappa shape index (κ3) is 4.63. The van der Waals surface area contributed by atoms with Crippen molar-refractivity contribution in [1.29, 1.82) is 0 Å². The highest BCUT2D eigenvalue weighted by atomic mass is 35.5. The first-order valence-electron chi connectivity index (χ1n) is 7.28. The van der Waals surface area contributed by atoms with E-state index in [0.717, 1.165) is 0 Å². The van der Waals surface area contributed by atoms with Crippen LogP contribution in [0.3, 0.4) is 0 Å². The average Bonchev–Trinajstić information content (AvgIpc) is 2.42. The molecule has 1 unspecified atom stereocenters. The molecule has 1 aromatic rings. The predicted octanol–water partition coefficient (Wildman–Crippen LogP) is 3.04. The van der Waals surface area contributed by atoms with Crippen LogP contribution in [0.15, 0.2) is 18.2 Å². The van der Waals surface area contributed by atoms with Gasteiger partial charge in [-0.1, -0.05) is 37.1 Å². The number of halogens is 1. The normalized spacial score (nSPS) is 13.3. The monoisotopic (exact) mass is 327 g/mol. The Labute approximate surface area is 135 Å². The summed E-state index contributed by atoms with van der Waals surface area (Å²) < 4.78 is 5.47. The summed E-state index contributed by atoms with van der Waals surface area (Å²) in [6, 6.07) is 5.16. The van der Waals surface area contributed by atoms with Gasteiger partial charge in [0.1, 0.15) is 11.3 Å². The second-order valence-electron chi connectivity index (χ2n) is 5.27.